The van der Waals surface area contributed by atoms with Crippen molar-refractivity contribution in [3.8, 4) is 0 Å². The first-order valence-electron chi connectivity index (χ1n) is 10.2. The van der Waals surface area contributed by atoms with Crippen LogP contribution in [0, 0.1) is 24.2 Å². The van der Waals surface area contributed by atoms with E-state index in [-0.39, 0.29) is 17.2 Å². The highest BCUT2D eigenvalue weighted by Gasteiger charge is 2.55. The largest absolute Gasteiger partial charge is 0.381 e. The first kappa shape index (κ1) is 19.9. The lowest BCUT2D eigenvalue weighted by Gasteiger charge is -2.33. The maximum absolute atomic E-state index is 13.1. The van der Waals surface area contributed by atoms with Crippen LogP contribution in [0.3, 0.4) is 0 Å². The molecule has 1 aromatic rings. The SMILES string of the molecule is Cc1ccc(C(=O)N2C[C@H]3CN(C(=O)C4CCOCC4)C[C@@]3(CN(C)C)C2)s1. The van der Waals surface area contributed by atoms with E-state index in [1.165, 1.54) is 4.88 Å². The van der Waals surface area contributed by atoms with Gasteiger partial charge in [-0.1, -0.05) is 0 Å². The number of nitrogens with zero attached hydrogens (tertiary/aromatic N) is 3. The molecule has 0 aliphatic carbocycles. The number of fused-ring (bicyclic) bond motifs is 1. The fourth-order valence-corrected chi connectivity index (χ4v) is 6.10. The molecule has 0 saturated carbocycles. The highest BCUT2D eigenvalue weighted by Crippen LogP contribution is 2.44. The van der Waals surface area contributed by atoms with Gasteiger partial charge in [0.2, 0.25) is 5.91 Å². The lowest BCUT2D eigenvalue weighted by Crippen LogP contribution is -2.45. The molecule has 3 aliphatic rings. The molecule has 1 aromatic heterocycles. The minimum absolute atomic E-state index is 0.0215. The fraction of sp³-hybridized carbons (Fsp3) is 0.714. The second-order valence-corrected chi connectivity index (χ2v) is 10.3. The van der Waals surface area contributed by atoms with Gasteiger partial charge in [-0.05, 0) is 46.0 Å². The lowest BCUT2D eigenvalue weighted by molar-refractivity contribution is -0.138. The van der Waals surface area contributed by atoms with Gasteiger partial charge in [0.05, 0.1) is 4.88 Å². The number of thiophene rings is 1. The molecule has 4 rings (SSSR count). The Morgan fingerprint density at radius 1 is 1.18 bits per heavy atom. The second-order valence-electron chi connectivity index (χ2n) is 9.00. The smallest absolute Gasteiger partial charge is 0.263 e. The standard InChI is InChI=1S/C21H31N3O3S/c1-15-4-5-18(28-15)20(26)24-11-17-10-23(13-21(17,14-24)12-22(2)3)19(25)16-6-8-27-9-7-16/h4-5,16-17H,6-14H2,1-3H3/t17-,21+/m1/s1. The average Bonchev–Trinajstić information content (AvgIpc) is 3.33. The van der Waals surface area contributed by atoms with Crippen LogP contribution in [0.2, 0.25) is 0 Å². The Kier molecular flexibility index (Phi) is 5.51. The predicted octanol–water partition coefficient (Wildman–Crippen LogP) is 1.95. The molecule has 2 atom stereocenters. The summed E-state index contributed by atoms with van der Waals surface area (Å²) in [5, 5.41) is 0. The third-order valence-electron chi connectivity index (χ3n) is 6.51. The molecule has 2 amide bonds. The van der Waals surface area contributed by atoms with Gasteiger partial charge in [0, 0.05) is 68.1 Å². The van der Waals surface area contributed by atoms with Gasteiger partial charge in [-0.15, -0.1) is 11.3 Å². The fourth-order valence-electron chi connectivity index (χ4n) is 5.26. The summed E-state index contributed by atoms with van der Waals surface area (Å²) in [4.78, 5) is 34.4. The number of hydrogen-bond acceptors (Lipinski definition) is 5. The van der Waals surface area contributed by atoms with Crippen molar-refractivity contribution in [2.45, 2.75) is 19.8 Å². The van der Waals surface area contributed by atoms with Crippen LogP contribution in [0.15, 0.2) is 12.1 Å². The summed E-state index contributed by atoms with van der Waals surface area (Å²) < 4.78 is 5.42. The highest BCUT2D eigenvalue weighted by atomic mass is 32.1. The second kappa shape index (κ2) is 7.76. The molecule has 3 aliphatic heterocycles. The zero-order chi connectivity index (χ0) is 19.9. The summed E-state index contributed by atoms with van der Waals surface area (Å²) >= 11 is 1.57. The van der Waals surface area contributed by atoms with Crippen molar-refractivity contribution < 1.29 is 14.3 Å². The molecule has 0 aromatic carbocycles. The molecule has 3 saturated heterocycles. The van der Waals surface area contributed by atoms with Crippen LogP contribution in [-0.2, 0) is 9.53 Å². The quantitative estimate of drug-likeness (QED) is 0.768. The zero-order valence-electron chi connectivity index (χ0n) is 17.1. The molecule has 0 bridgehead atoms. The van der Waals surface area contributed by atoms with Crippen LogP contribution in [0.4, 0.5) is 0 Å². The minimum atomic E-state index is -0.0215. The number of carbonyl (C=O) groups excluding carboxylic acids is 2. The Bertz CT molecular complexity index is 743. The average molecular weight is 406 g/mol. The van der Waals surface area contributed by atoms with Crippen LogP contribution >= 0.6 is 11.3 Å². The molecule has 6 nitrogen and oxygen atoms in total. The van der Waals surface area contributed by atoms with E-state index in [4.69, 9.17) is 4.74 Å². The van der Waals surface area contributed by atoms with Gasteiger partial charge in [-0.25, -0.2) is 0 Å². The topological polar surface area (TPSA) is 53.1 Å². The van der Waals surface area contributed by atoms with E-state index >= 15 is 0 Å². The van der Waals surface area contributed by atoms with Crippen LogP contribution < -0.4 is 0 Å². The highest BCUT2D eigenvalue weighted by molar-refractivity contribution is 7.13. The molecular formula is C21H31N3O3S. The Morgan fingerprint density at radius 3 is 2.50 bits per heavy atom. The van der Waals surface area contributed by atoms with Crippen LogP contribution in [0.1, 0.15) is 27.4 Å². The number of likely N-dealkylation sites (tertiary alicyclic amines) is 2. The minimum Gasteiger partial charge on any atom is -0.381 e. The van der Waals surface area contributed by atoms with Gasteiger partial charge in [-0.3, -0.25) is 9.59 Å². The van der Waals surface area contributed by atoms with E-state index in [1.807, 2.05) is 24.0 Å². The number of aryl methyl sites for hydroxylation is 1. The zero-order valence-corrected chi connectivity index (χ0v) is 18.0. The Hall–Kier alpha value is -1.44. The summed E-state index contributed by atoms with van der Waals surface area (Å²) in [6.07, 6.45) is 1.67. The van der Waals surface area contributed by atoms with Crippen LogP contribution in [0.5, 0.6) is 0 Å². The van der Waals surface area contributed by atoms with Crippen LogP contribution in [0.25, 0.3) is 0 Å². The van der Waals surface area contributed by atoms with Crippen molar-refractivity contribution >= 4 is 23.2 Å². The molecular weight excluding hydrogens is 374 g/mol. The molecule has 0 N–H and O–H groups in total. The van der Waals surface area contributed by atoms with Crippen molar-refractivity contribution in [3.05, 3.63) is 21.9 Å². The molecule has 7 heteroatoms. The number of amides is 2. The predicted molar refractivity (Wildman–Crippen MR) is 110 cm³/mol. The number of rotatable bonds is 4. The molecule has 154 valence electrons. The summed E-state index contributed by atoms with van der Waals surface area (Å²) in [5.41, 5.74) is -0.0215. The summed E-state index contributed by atoms with van der Waals surface area (Å²) in [5.74, 6) is 0.898. The van der Waals surface area contributed by atoms with E-state index in [9.17, 15) is 9.59 Å². The van der Waals surface area contributed by atoms with Gasteiger partial charge in [0.15, 0.2) is 0 Å². The maximum atomic E-state index is 13.1. The monoisotopic (exact) mass is 405 g/mol. The van der Waals surface area contributed by atoms with Gasteiger partial charge in [-0.2, -0.15) is 0 Å². The lowest BCUT2D eigenvalue weighted by atomic mass is 9.80. The summed E-state index contributed by atoms with van der Waals surface area (Å²) in [6.45, 7) is 7.36. The van der Waals surface area contributed by atoms with Gasteiger partial charge >= 0.3 is 0 Å². The summed E-state index contributed by atoms with van der Waals surface area (Å²) in [7, 11) is 4.17. The third kappa shape index (κ3) is 3.72. The normalized spacial score (nSPS) is 28.2. The summed E-state index contributed by atoms with van der Waals surface area (Å²) in [6, 6.07) is 3.95. The molecule has 0 radical (unpaired) electrons. The molecule has 4 heterocycles. The number of ether oxygens (including phenoxy) is 1. The van der Waals surface area contributed by atoms with Crippen molar-refractivity contribution in [3.63, 3.8) is 0 Å². The molecule has 0 unspecified atom stereocenters. The molecule has 3 fully saturated rings. The van der Waals surface area contributed by atoms with Gasteiger partial charge < -0.3 is 19.4 Å². The first-order chi connectivity index (χ1) is 13.4. The van der Waals surface area contributed by atoms with Crippen molar-refractivity contribution in [2.24, 2.45) is 17.3 Å². The Morgan fingerprint density at radius 2 is 1.86 bits per heavy atom. The van der Waals surface area contributed by atoms with E-state index in [2.05, 4.69) is 23.9 Å². The third-order valence-corrected chi connectivity index (χ3v) is 7.50. The van der Waals surface area contributed by atoms with E-state index in [0.717, 1.165) is 50.4 Å². The van der Waals surface area contributed by atoms with Crippen molar-refractivity contribution in [1.82, 2.24) is 14.7 Å². The Labute approximate surface area is 171 Å². The maximum Gasteiger partial charge on any atom is 0.263 e. The molecule has 0 spiro atoms. The van der Waals surface area contributed by atoms with E-state index in [0.29, 0.717) is 25.0 Å². The molecule has 28 heavy (non-hydrogen) atoms. The van der Waals surface area contributed by atoms with Crippen LogP contribution in [-0.4, -0.2) is 86.5 Å². The number of hydrogen-bond donors (Lipinski definition) is 0. The van der Waals surface area contributed by atoms with Crippen molar-refractivity contribution in [1.29, 1.82) is 0 Å². The number of carbonyl (C=O) groups is 2. The Balaban J connectivity index is 1.49. The van der Waals surface area contributed by atoms with E-state index < -0.39 is 0 Å². The van der Waals surface area contributed by atoms with Gasteiger partial charge in [0.25, 0.3) is 5.91 Å². The van der Waals surface area contributed by atoms with Gasteiger partial charge in [0.1, 0.15) is 0 Å². The first-order valence-corrected chi connectivity index (χ1v) is 11.1. The van der Waals surface area contributed by atoms with E-state index in [1.54, 1.807) is 11.3 Å². The van der Waals surface area contributed by atoms with Crippen molar-refractivity contribution in [2.75, 3.05) is 60.0 Å².